The van der Waals surface area contributed by atoms with E-state index in [1.54, 1.807) is 84.1 Å². The van der Waals surface area contributed by atoms with Crippen LogP contribution in [0.4, 0.5) is 0 Å². The van der Waals surface area contributed by atoms with Crippen molar-refractivity contribution in [2.24, 2.45) is 23.5 Å². The predicted octanol–water partition coefficient (Wildman–Crippen LogP) is 2.56. The summed E-state index contributed by atoms with van der Waals surface area (Å²) in [5.74, 6) is -13.8. The number of aliphatic hydroxyl groups is 3. The first-order valence-corrected chi connectivity index (χ1v) is 39.7. The molecule has 1 aromatic heterocycles. The van der Waals surface area contributed by atoms with E-state index in [1.807, 2.05) is 18.2 Å². The summed E-state index contributed by atoms with van der Waals surface area (Å²) in [4.78, 5) is 205. The summed E-state index contributed by atoms with van der Waals surface area (Å²) in [5, 5.41) is 77.5. The van der Waals surface area contributed by atoms with Gasteiger partial charge in [0.2, 0.25) is 70.9 Å². The number of unbranched alkanes of at least 4 members (excludes halogenated alkanes) is 11. The Morgan fingerprint density at radius 2 is 0.938 bits per heavy atom. The molecule has 113 heavy (non-hydrogen) atoms. The van der Waals surface area contributed by atoms with Crippen molar-refractivity contribution in [3.63, 3.8) is 0 Å². The van der Waals surface area contributed by atoms with Gasteiger partial charge in [0.1, 0.15) is 72.2 Å². The number of carboxylic acid groups (broad SMARTS) is 2. The first kappa shape index (κ1) is 95.5. The van der Waals surface area contributed by atoms with E-state index in [0.717, 1.165) is 68.7 Å². The van der Waals surface area contributed by atoms with Gasteiger partial charge in [-0.25, -0.2) is 9.59 Å². The number of hydrogen-bond donors (Lipinski definition) is 17. The summed E-state index contributed by atoms with van der Waals surface area (Å²) < 4.78 is 0. The molecule has 1 saturated heterocycles. The first-order valence-electron chi connectivity index (χ1n) is 39.7. The van der Waals surface area contributed by atoms with Gasteiger partial charge in [0.15, 0.2) is 0 Å². The van der Waals surface area contributed by atoms with E-state index in [-0.39, 0.29) is 74.9 Å². The number of amides is 12. The Morgan fingerprint density at radius 1 is 0.496 bits per heavy atom. The van der Waals surface area contributed by atoms with Crippen molar-refractivity contribution in [3.05, 3.63) is 71.9 Å². The van der Waals surface area contributed by atoms with E-state index < -0.39 is 175 Å². The molecule has 33 heteroatoms. The predicted molar refractivity (Wildman–Crippen MR) is 419 cm³/mol. The smallest absolute Gasteiger partial charge is 0.326 e. The number of nitrogens with two attached hydrogens (primary N) is 1. The van der Waals surface area contributed by atoms with E-state index >= 15 is 0 Å². The quantitative estimate of drug-likeness (QED) is 0.0361. The van der Waals surface area contributed by atoms with Crippen molar-refractivity contribution in [3.8, 4) is 0 Å². The monoisotopic (exact) mass is 1590 g/mol. The molecule has 1 aliphatic heterocycles. The van der Waals surface area contributed by atoms with Crippen molar-refractivity contribution >= 4 is 99.5 Å². The Morgan fingerprint density at radius 3 is 1.43 bits per heavy atom. The van der Waals surface area contributed by atoms with Crippen LogP contribution in [0.1, 0.15) is 215 Å². The van der Waals surface area contributed by atoms with Crippen LogP contribution < -0.4 is 58.9 Å². The number of H-pyrrole nitrogens is 1. The number of Topliss-reactive ketones (excluding diaryl/α,β-unsaturated/α-hetero) is 1. The Labute approximate surface area is 660 Å². The molecular formula is C80H123N13O20. The molecule has 2 aromatic carbocycles. The van der Waals surface area contributed by atoms with Gasteiger partial charge >= 0.3 is 11.9 Å². The summed E-state index contributed by atoms with van der Waals surface area (Å²) in [6, 6.07) is 0.0746. The summed E-state index contributed by atoms with van der Waals surface area (Å²) >= 11 is 0. The van der Waals surface area contributed by atoms with Gasteiger partial charge in [-0.2, -0.15) is 0 Å². The molecular weight excluding hydrogens is 1460 g/mol. The molecule has 18 N–H and O–H groups in total. The normalized spacial score (nSPS) is 16.2. The maximum Gasteiger partial charge on any atom is 0.326 e. The second kappa shape index (κ2) is 49.6. The van der Waals surface area contributed by atoms with Gasteiger partial charge in [-0.15, -0.1) is 0 Å². The minimum absolute atomic E-state index is 0.0358. The number of fused-ring (bicyclic) bond motifs is 1. The Kier molecular flexibility index (Phi) is 41.9. The lowest BCUT2D eigenvalue weighted by atomic mass is 9.96. The van der Waals surface area contributed by atoms with Crippen LogP contribution in [0.5, 0.6) is 0 Å². The molecule has 0 aliphatic carbocycles. The Balaban J connectivity index is 1.17. The fourth-order valence-electron chi connectivity index (χ4n) is 13.3. The number of carboxylic acids is 2. The van der Waals surface area contributed by atoms with Gasteiger partial charge in [0, 0.05) is 55.7 Å². The molecule has 33 nitrogen and oxygen atoms in total. The number of aliphatic carboxylic acids is 2. The minimum atomic E-state index is -1.70. The fourth-order valence-corrected chi connectivity index (χ4v) is 13.3. The average Bonchev–Trinajstić information content (AvgIpc) is 1.78. The van der Waals surface area contributed by atoms with E-state index in [4.69, 9.17) is 5.73 Å². The number of benzene rings is 2. The van der Waals surface area contributed by atoms with E-state index in [0.29, 0.717) is 56.2 Å². The molecule has 628 valence electrons. The molecule has 14 atom stereocenters. The highest BCUT2D eigenvalue weighted by molar-refractivity contribution is 6.00. The maximum atomic E-state index is 14.2. The number of carbonyl (C=O) groups is 15. The van der Waals surface area contributed by atoms with E-state index in [2.05, 4.69) is 58.2 Å². The number of para-hydroxylation sites is 1. The molecule has 0 spiro atoms. The Bertz CT molecular complexity index is 3640. The van der Waals surface area contributed by atoms with Crippen molar-refractivity contribution in [1.29, 1.82) is 0 Å². The molecule has 1 fully saturated rings. The first-order chi connectivity index (χ1) is 53.5. The van der Waals surface area contributed by atoms with E-state index in [1.165, 1.54) is 25.7 Å². The second-order valence-corrected chi connectivity index (χ2v) is 30.6. The third-order valence-corrected chi connectivity index (χ3v) is 19.9. The molecule has 0 radical (unpaired) electrons. The standard InChI is InChI=1S/C80H123N13O20/c1-10-48(6)67(76(107)92-69(51(9)97)78(109)87-58(40-47(4)5)72(103)89-61(80(112)113)42-53-44-82-55-32-27-26-31-54(53)55)90-70(101)56(37-36-49(7)95)84-75(106)63-33-28-38-93(63)66(100)35-25-20-18-16-14-12-11-13-15-17-19-24-34-65(99)83-62(45-94)74(105)91-68(50(8)96)77(108)86-57(39-46(2)3)71(102)85-59(43-64(81)98)73(104)88-60(79(110)111)41-52-29-22-21-23-30-52/h21-23,26-27,29-32,44,46-48,50-51,56-63,67-69,82,94,96-97H,10-20,24-25,28,33-43,45H2,1-9H3,(H2,81,98)(H,83,99)(H,84,106)(H,85,102)(H,86,108)(H,87,109)(H,88,104)(H,89,103)(H,90,101)(H,91,105)(H,92,107)(H,110,111)(H,112,113)/t48?,50?,51?,56-,57-,58-,59-,60-,61-,62-,63-,67-,68-,69-/m0/s1. The van der Waals surface area contributed by atoms with Gasteiger partial charge in [-0.1, -0.05) is 161 Å². The van der Waals surface area contributed by atoms with Crippen LogP contribution in [-0.4, -0.2) is 216 Å². The number of aromatic amines is 1. The van der Waals surface area contributed by atoms with Crippen molar-refractivity contribution in [1.82, 2.24) is 63.1 Å². The largest absolute Gasteiger partial charge is 0.480 e. The number of aromatic nitrogens is 1. The summed E-state index contributed by atoms with van der Waals surface area (Å²) in [6.07, 6.45) is 9.08. The van der Waals surface area contributed by atoms with Crippen molar-refractivity contribution in [2.45, 2.75) is 295 Å². The van der Waals surface area contributed by atoms with Crippen LogP contribution in [0.2, 0.25) is 0 Å². The lowest BCUT2D eigenvalue weighted by molar-refractivity contribution is -0.143. The molecule has 12 amide bonds. The number of likely N-dealkylation sites (tertiary alicyclic amines) is 1. The van der Waals surface area contributed by atoms with Gasteiger partial charge in [-0.3, -0.25) is 57.5 Å². The maximum absolute atomic E-state index is 14.2. The number of rotatable bonds is 54. The van der Waals surface area contributed by atoms with Crippen LogP contribution in [0.3, 0.4) is 0 Å². The summed E-state index contributed by atoms with van der Waals surface area (Å²) in [5.41, 5.74) is 7.39. The van der Waals surface area contributed by atoms with Gasteiger partial charge < -0.3 is 99.1 Å². The van der Waals surface area contributed by atoms with Gasteiger partial charge in [-0.05, 0) is 101 Å². The van der Waals surface area contributed by atoms with Crippen LogP contribution in [0.15, 0.2) is 60.8 Å². The average molecular weight is 1590 g/mol. The highest BCUT2D eigenvalue weighted by Crippen LogP contribution is 2.23. The number of carbonyl (C=O) groups excluding carboxylic acids is 13. The zero-order chi connectivity index (χ0) is 84.0. The third kappa shape index (κ3) is 33.8. The van der Waals surface area contributed by atoms with Crippen molar-refractivity contribution in [2.75, 3.05) is 13.2 Å². The number of aliphatic hydroxyl groups excluding tert-OH is 3. The molecule has 0 saturated carbocycles. The van der Waals surface area contributed by atoms with Crippen LogP contribution in [0, 0.1) is 17.8 Å². The molecule has 3 unspecified atom stereocenters. The molecule has 0 bridgehead atoms. The molecule has 4 rings (SSSR count). The van der Waals surface area contributed by atoms with Crippen molar-refractivity contribution < 1.29 is 97.5 Å². The number of nitrogens with zero attached hydrogens (tertiary/aromatic N) is 1. The van der Waals surface area contributed by atoms with Gasteiger partial charge in [0.25, 0.3) is 0 Å². The number of hydrogen-bond acceptors (Lipinski definition) is 18. The zero-order valence-corrected chi connectivity index (χ0v) is 66.8. The Hall–Kier alpha value is -9.89. The highest BCUT2D eigenvalue weighted by Gasteiger charge is 2.40. The zero-order valence-electron chi connectivity index (χ0n) is 66.8. The highest BCUT2D eigenvalue weighted by atomic mass is 16.4. The number of ketones is 1. The lowest BCUT2D eigenvalue weighted by Crippen LogP contribution is -2.62. The SMILES string of the molecule is CCC(C)[C@H](NC(=O)[C@H](CCC(C)=O)NC(=O)[C@@H]1CCCN1C(=O)CCCCCCCCCCCCCCC(=O)N[C@@H](CO)C(=O)N[C@H](C(=O)N[C@@H](CC(C)C)C(=O)N[C@@H](CC(N)=O)C(=O)N[C@@H](Cc1ccccc1)C(=O)O)C(C)O)C(=O)N[C@H](C(=O)N[C@@H](CC(C)C)C(=O)N[C@@H](Cc1c[nH]c2ccccc12)C(=O)O)C(C)O. The molecule has 3 aromatic rings. The number of primary amides is 1. The summed E-state index contributed by atoms with van der Waals surface area (Å²) in [6.45, 7) is 13.7. The second-order valence-electron chi connectivity index (χ2n) is 30.6. The van der Waals surface area contributed by atoms with Crippen LogP contribution in [0.25, 0.3) is 10.9 Å². The fraction of sp³-hybridized carbons (Fsp3) is 0.637. The molecule has 2 heterocycles. The van der Waals surface area contributed by atoms with Crippen LogP contribution in [-0.2, 0) is 84.8 Å². The summed E-state index contributed by atoms with van der Waals surface area (Å²) in [7, 11) is 0. The van der Waals surface area contributed by atoms with Crippen LogP contribution >= 0.6 is 0 Å². The lowest BCUT2D eigenvalue weighted by Gasteiger charge is -2.30. The number of nitrogens with one attached hydrogen (secondary N) is 11. The van der Waals surface area contributed by atoms with E-state index in [9.17, 15) is 97.5 Å². The third-order valence-electron chi connectivity index (χ3n) is 19.9. The topological polar surface area (TPSA) is 523 Å². The minimum Gasteiger partial charge on any atom is -0.480 e. The molecule has 1 aliphatic rings. The van der Waals surface area contributed by atoms with Gasteiger partial charge in [0.05, 0.1) is 25.2 Å².